The minimum absolute atomic E-state index is 0.154. The van der Waals surface area contributed by atoms with Gasteiger partial charge in [0, 0.05) is 29.3 Å². The Balaban J connectivity index is 1.20. The predicted molar refractivity (Wildman–Crippen MR) is 158 cm³/mol. The van der Waals surface area contributed by atoms with E-state index in [-0.39, 0.29) is 17.5 Å². The Bertz CT molecular complexity index is 1330. The van der Waals surface area contributed by atoms with E-state index in [9.17, 15) is 9.59 Å². The topological polar surface area (TPSA) is 88.5 Å². The van der Waals surface area contributed by atoms with Crippen LogP contribution in [0.2, 0.25) is 0 Å². The molecule has 8 nitrogen and oxygen atoms in total. The number of rotatable bonds is 6. The minimum atomic E-state index is -0.315. The molecule has 2 aliphatic rings. The third-order valence-electron chi connectivity index (χ3n) is 8.04. The van der Waals surface area contributed by atoms with Crippen molar-refractivity contribution in [3.8, 4) is 5.69 Å². The van der Waals surface area contributed by atoms with Gasteiger partial charge in [-0.3, -0.25) is 5.32 Å². The van der Waals surface area contributed by atoms with Crippen LogP contribution in [0.15, 0.2) is 54.6 Å². The second kappa shape index (κ2) is 11.4. The fraction of sp³-hybridized carbons (Fsp3) is 0.469. The summed E-state index contributed by atoms with van der Waals surface area (Å²) in [5, 5.41) is 10.7. The summed E-state index contributed by atoms with van der Waals surface area (Å²) in [6, 6.07) is 18.4. The smallest absolute Gasteiger partial charge is 0.410 e. The third-order valence-corrected chi connectivity index (χ3v) is 8.04. The van der Waals surface area contributed by atoms with Gasteiger partial charge in [0.25, 0.3) is 0 Å². The number of nitrogens with zero attached hydrogens (tertiary/aromatic N) is 3. The highest BCUT2D eigenvalue weighted by molar-refractivity contribution is 5.99. The summed E-state index contributed by atoms with van der Waals surface area (Å²) >= 11 is 0. The number of ether oxygens (including phenoxy) is 1. The van der Waals surface area contributed by atoms with Crippen molar-refractivity contribution >= 4 is 23.6 Å². The molecule has 1 aromatic heterocycles. The molecule has 2 fully saturated rings. The summed E-state index contributed by atoms with van der Waals surface area (Å²) in [7, 11) is 0. The molecule has 3 heterocycles. The number of aromatic nitrogens is 2. The maximum absolute atomic E-state index is 13.0. The van der Waals surface area contributed by atoms with Crippen molar-refractivity contribution in [1.82, 2.24) is 14.7 Å². The summed E-state index contributed by atoms with van der Waals surface area (Å²) in [5.41, 5.74) is 4.77. The first kappa shape index (κ1) is 27.7. The predicted octanol–water partition coefficient (Wildman–Crippen LogP) is 7.06. The molecule has 212 valence electrons. The SMILES string of the molecule is CCOC(=O)N1C2CCC1CC(Cc1ccc(NC(=O)Nc3cc(C(C)(C)C)nn3-c3ccc(C)cc3)cc1)C2. The van der Waals surface area contributed by atoms with Crippen LogP contribution in [0.25, 0.3) is 5.69 Å². The van der Waals surface area contributed by atoms with Gasteiger partial charge in [-0.1, -0.05) is 50.6 Å². The first-order valence-electron chi connectivity index (χ1n) is 14.4. The molecule has 2 saturated heterocycles. The van der Waals surface area contributed by atoms with Gasteiger partial charge in [0.05, 0.1) is 18.0 Å². The van der Waals surface area contributed by atoms with E-state index in [1.807, 2.05) is 61.2 Å². The number of carbonyl (C=O) groups excluding carboxylic acids is 2. The van der Waals surface area contributed by atoms with Gasteiger partial charge < -0.3 is 15.0 Å². The number of nitrogens with one attached hydrogen (secondary N) is 2. The van der Waals surface area contributed by atoms with Crippen LogP contribution in [0, 0.1) is 12.8 Å². The Morgan fingerprint density at radius 3 is 2.23 bits per heavy atom. The van der Waals surface area contributed by atoms with Crippen LogP contribution in [0.1, 0.15) is 70.2 Å². The van der Waals surface area contributed by atoms with Crippen molar-refractivity contribution in [3.05, 3.63) is 71.4 Å². The van der Waals surface area contributed by atoms with Crippen LogP contribution >= 0.6 is 0 Å². The molecular weight excluding hydrogens is 502 g/mol. The summed E-state index contributed by atoms with van der Waals surface area (Å²) in [5.74, 6) is 1.16. The van der Waals surface area contributed by atoms with Gasteiger partial charge >= 0.3 is 12.1 Å². The summed E-state index contributed by atoms with van der Waals surface area (Å²) < 4.78 is 7.07. The maximum atomic E-state index is 13.0. The molecule has 3 aromatic rings. The Kier molecular flexibility index (Phi) is 7.88. The van der Waals surface area contributed by atoms with Crippen molar-refractivity contribution in [2.24, 2.45) is 5.92 Å². The van der Waals surface area contributed by atoms with Gasteiger partial charge in [-0.05, 0) is 81.7 Å². The minimum Gasteiger partial charge on any atom is -0.450 e. The van der Waals surface area contributed by atoms with E-state index < -0.39 is 0 Å². The molecule has 2 aliphatic heterocycles. The van der Waals surface area contributed by atoms with E-state index in [1.165, 1.54) is 5.56 Å². The zero-order valence-electron chi connectivity index (χ0n) is 24.2. The Morgan fingerprint density at radius 2 is 1.62 bits per heavy atom. The van der Waals surface area contributed by atoms with E-state index >= 15 is 0 Å². The number of aryl methyl sites for hydroxylation is 1. The molecule has 0 radical (unpaired) electrons. The van der Waals surface area contributed by atoms with Gasteiger partial charge in [-0.2, -0.15) is 5.10 Å². The molecule has 3 amide bonds. The average molecular weight is 544 g/mol. The molecule has 2 bridgehead atoms. The summed E-state index contributed by atoms with van der Waals surface area (Å²) in [4.78, 5) is 27.3. The van der Waals surface area contributed by atoms with Crippen LogP contribution < -0.4 is 10.6 Å². The molecule has 0 saturated carbocycles. The number of benzene rings is 2. The molecule has 5 rings (SSSR count). The lowest BCUT2D eigenvalue weighted by molar-refractivity contribution is 0.0605. The van der Waals surface area contributed by atoms with E-state index in [0.717, 1.165) is 54.7 Å². The molecule has 2 N–H and O–H groups in total. The molecule has 8 heteroatoms. The molecule has 2 aromatic carbocycles. The third kappa shape index (κ3) is 6.16. The quantitative estimate of drug-likeness (QED) is 0.348. The van der Waals surface area contributed by atoms with Crippen molar-refractivity contribution in [1.29, 1.82) is 0 Å². The largest absolute Gasteiger partial charge is 0.450 e. The zero-order valence-corrected chi connectivity index (χ0v) is 24.2. The summed E-state index contributed by atoms with van der Waals surface area (Å²) in [6.07, 6.45) is 4.99. The van der Waals surface area contributed by atoms with Gasteiger partial charge in [0.15, 0.2) is 0 Å². The lowest BCUT2D eigenvalue weighted by Crippen LogP contribution is -2.47. The van der Waals surface area contributed by atoms with Crippen molar-refractivity contribution in [2.45, 2.75) is 84.2 Å². The zero-order chi connectivity index (χ0) is 28.4. The number of anilines is 2. The Morgan fingerprint density at radius 1 is 0.975 bits per heavy atom. The fourth-order valence-electron chi connectivity index (χ4n) is 6.01. The Labute approximate surface area is 237 Å². The second-order valence-corrected chi connectivity index (χ2v) is 12.2. The van der Waals surface area contributed by atoms with Crippen LogP contribution in [0.3, 0.4) is 0 Å². The lowest BCUT2D eigenvalue weighted by atomic mass is 9.86. The maximum Gasteiger partial charge on any atom is 0.410 e. The van der Waals surface area contributed by atoms with E-state index in [4.69, 9.17) is 9.84 Å². The lowest BCUT2D eigenvalue weighted by Gasteiger charge is -2.38. The van der Waals surface area contributed by atoms with E-state index in [2.05, 4.69) is 43.5 Å². The highest BCUT2D eigenvalue weighted by atomic mass is 16.6. The monoisotopic (exact) mass is 543 g/mol. The van der Waals surface area contributed by atoms with Gasteiger partial charge in [-0.25, -0.2) is 14.3 Å². The Hall–Kier alpha value is -3.81. The first-order valence-corrected chi connectivity index (χ1v) is 14.4. The highest BCUT2D eigenvalue weighted by Crippen LogP contribution is 2.40. The summed E-state index contributed by atoms with van der Waals surface area (Å²) in [6.45, 7) is 10.6. The fourth-order valence-corrected chi connectivity index (χ4v) is 6.01. The number of hydrogen-bond donors (Lipinski definition) is 2. The van der Waals surface area contributed by atoms with Crippen LogP contribution in [-0.4, -0.2) is 45.5 Å². The van der Waals surface area contributed by atoms with Gasteiger partial charge in [-0.15, -0.1) is 0 Å². The number of amides is 3. The second-order valence-electron chi connectivity index (χ2n) is 12.2. The molecule has 0 spiro atoms. The first-order chi connectivity index (χ1) is 19.1. The van der Waals surface area contributed by atoms with E-state index in [1.54, 1.807) is 4.68 Å². The molecular formula is C32H41N5O3. The normalized spacial score (nSPS) is 20.3. The van der Waals surface area contributed by atoms with Crippen LogP contribution in [0.5, 0.6) is 0 Å². The van der Waals surface area contributed by atoms with E-state index in [0.29, 0.717) is 30.4 Å². The van der Waals surface area contributed by atoms with Gasteiger partial charge in [0.2, 0.25) is 0 Å². The number of carbonyl (C=O) groups is 2. The molecule has 2 unspecified atom stereocenters. The van der Waals surface area contributed by atoms with Crippen molar-refractivity contribution in [2.75, 3.05) is 17.2 Å². The van der Waals surface area contributed by atoms with Crippen molar-refractivity contribution < 1.29 is 14.3 Å². The standard InChI is InChI=1S/C32H41N5O3/c1-6-40-31(39)36-26-15-16-27(36)19-23(18-26)17-22-9-11-24(12-10-22)33-30(38)34-29-20-28(32(3,4)5)35-37(29)25-13-7-21(2)8-14-25/h7-14,20,23,26-27H,6,15-19H2,1-5H3,(H2,33,34,38). The number of urea groups is 1. The number of fused-ring (bicyclic) bond motifs is 2. The molecule has 2 atom stereocenters. The molecule has 40 heavy (non-hydrogen) atoms. The molecule has 0 aliphatic carbocycles. The van der Waals surface area contributed by atoms with Crippen LogP contribution in [0.4, 0.5) is 21.1 Å². The highest BCUT2D eigenvalue weighted by Gasteiger charge is 2.43. The van der Waals surface area contributed by atoms with Crippen LogP contribution in [-0.2, 0) is 16.6 Å². The number of hydrogen-bond acceptors (Lipinski definition) is 4. The average Bonchev–Trinajstić information content (AvgIpc) is 3.44. The number of piperidine rings is 1. The van der Waals surface area contributed by atoms with Crippen molar-refractivity contribution in [3.63, 3.8) is 0 Å². The van der Waals surface area contributed by atoms with Gasteiger partial charge in [0.1, 0.15) is 5.82 Å².